The molecule has 1 atom stereocenters. The molecule has 0 aromatic heterocycles. The van der Waals surface area contributed by atoms with Crippen molar-refractivity contribution < 1.29 is 24.1 Å². The van der Waals surface area contributed by atoms with E-state index in [4.69, 9.17) is 14.2 Å². The highest BCUT2D eigenvalue weighted by molar-refractivity contribution is 6.33. The molecule has 0 spiro atoms. The molecule has 32 heavy (non-hydrogen) atoms. The van der Waals surface area contributed by atoms with Gasteiger partial charge in [-0.2, -0.15) is 0 Å². The molecule has 0 bridgehead atoms. The van der Waals surface area contributed by atoms with Crippen LogP contribution in [0.5, 0.6) is 17.2 Å². The van der Waals surface area contributed by atoms with Crippen molar-refractivity contribution in [2.24, 2.45) is 0 Å². The van der Waals surface area contributed by atoms with Crippen molar-refractivity contribution in [2.45, 2.75) is 25.6 Å². The van der Waals surface area contributed by atoms with Gasteiger partial charge in [0.05, 0.1) is 19.3 Å². The minimum atomic E-state index is -0.320. The third-order valence-electron chi connectivity index (χ3n) is 5.38. The van der Waals surface area contributed by atoms with Crippen molar-refractivity contribution in [3.05, 3.63) is 89.5 Å². The van der Waals surface area contributed by atoms with Crippen LogP contribution in [0.1, 0.15) is 40.7 Å². The standard InChI is InChI=1S/C27H26O5/c1-30-21-12-10-19(11-13-21)17-24(20-7-3-2-4-8-20)27(29)23-15-14-22(18-25(23)28)32-26-9-5-6-16-31-26/h2-4,7-8,10-15,17-18,26,28H,5-6,9,16H2,1H3/b24-17-. The quantitative estimate of drug-likeness (QED) is 0.295. The molecule has 0 amide bonds. The first kappa shape index (κ1) is 21.7. The molecule has 3 aromatic carbocycles. The maximum Gasteiger partial charge on any atom is 0.199 e. The van der Waals surface area contributed by atoms with E-state index in [0.717, 1.165) is 36.1 Å². The van der Waals surface area contributed by atoms with E-state index in [0.29, 0.717) is 17.9 Å². The number of rotatable bonds is 7. The van der Waals surface area contributed by atoms with E-state index in [1.54, 1.807) is 19.2 Å². The van der Waals surface area contributed by atoms with Gasteiger partial charge in [-0.3, -0.25) is 4.79 Å². The number of hydrogen-bond acceptors (Lipinski definition) is 5. The summed E-state index contributed by atoms with van der Waals surface area (Å²) in [4.78, 5) is 13.5. The molecule has 164 valence electrons. The first-order valence-electron chi connectivity index (χ1n) is 10.7. The van der Waals surface area contributed by atoms with E-state index in [2.05, 4.69) is 0 Å². The molecule has 1 heterocycles. The lowest BCUT2D eigenvalue weighted by molar-refractivity contribution is -0.105. The third kappa shape index (κ3) is 5.18. The number of phenols is 1. The van der Waals surface area contributed by atoms with Crippen molar-refractivity contribution in [3.8, 4) is 17.2 Å². The van der Waals surface area contributed by atoms with Crippen LogP contribution in [0.15, 0.2) is 72.8 Å². The van der Waals surface area contributed by atoms with Gasteiger partial charge in [0.2, 0.25) is 0 Å². The van der Waals surface area contributed by atoms with Crippen LogP contribution < -0.4 is 9.47 Å². The molecule has 1 N–H and O–H groups in total. The SMILES string of the molecule is COc1ccc(/C=C(\C(=O)c2ccc(OC3CCCCO3)cc2O)c2ccccc2)cc1. The van der Waals surface area contributed by atoms with Gasteiger partial charge in [0.25, 0.3) is 0 Å². The van der Waals surface area contributed by atoms with E-state index in [1.807, 2.05) is 60.7 Å². The fourth-order valence-electron chi connectivity index (χ4n) is 3.64. The van der Waals surface area contributed by atoms with Gasteiger partial charge in [0.15, 0.2) is 12.1 Å². The van der Waals surface area contributed by atoms with Gasteiger partial charge in [-0.05, 0) is 54.3 Å². The number of benzene rings is 3. The molecule has 3 aromatic rings. The highest BCUT2D eigenvalue weighted by Gasteiger charge is 2.20. The van der Waals surface area contributed by atoms with E-state index >= 15 is 0 Å². The third-order valence-corrected chi connectivity index (χ3v) is 5.38. The number of ketones is 1. The molecular formula is C27H26O5. The van der Waals surface area contributed by atoms with Crippen LogP contribution in [0.4, 0.5) is 0 Å². The Hall–Kier alpha value is -3.57. The fourth-order valence-corrected chi connectivity index (χ4v) is 3.64. The minimum absolute atomic E-state index is 0.125. The normalized spacial score (nSPS) is 16.4. The molecule has 0 radical (unpaired) electrons. The Morgan fingerprint density at radius 1 is 1.00 bits per heavy atom. The van der Waals surface area contributed by atoms with Crippen LogP contribution in [0.25, 0.3) is 11.6 Å². The summed E-state index contributed by atoms with van der Waals surface area (Å²) < 4.78 is 16.6. The lowest BCUT2D eigenvalue weighted by atomic mass is 9.94. The minimum Gasteiger partial charge on any atom is -0.507 e. The Kier molecular flexibility index (Phi) is 6.87. The van der Waals surface area contributed by atoms with Crippen LogP contribution in [-0.4, -0.2) is 30.9 Å². The molecule has 1 saturated heterocycles. The van der Waals surface area contributed by atoms with E-state index in [1.165, 1.54) is 6.07 Å². The molecule has 1 fully saturated rings. The number of methoxy groups -OCH3 is 1. The lowest BCUT2D eigenvalue weighted by Gasteiger charge is -2.23. The van der Waals surface area contributed by atoms with Crippen LogP contribution >= 0.6 is 0 Å². The average Bonchev–Trinajstić information content (AvgIpc) is 2.84. The predicted octanol–water partition coefficient (Wildman–Crippen LogP) is 5.73. The summed E-state index contributed by atoms with van der Waals surface area (Å²) in [5, 5.41) is 10.6. The number of carbonyl (C=O) groups excluding carboxylic acids is 1. The topological polar surface area (TPSA) is 65.0 Å². The lowest BCUT2D eigenvalue weighted by Crippen LogP contribution is -2.24. The average molecular weight is 431 g/mol. The summed E-state index contributed by atoms with van der Waals surface area (Å²) in [5.74, 6) is 0.820. The van der Waals surface area contributed by atoms with E-state index in [-0.39, 0.29) is 23.4 Å². The molecule has 5 heteroatoms. The highest BCUT2D eigenvalue weighted by Crippen LogP contribution is 2.31. The maximum absolute atomic E-state index is 13.5. The van der Waals surface area contributed by atoms with Crippen LogP contribution in [0.2, 0.25) is 0 Å². The molecule has 1 unspecified atom stereocenters. The largest absolute Gasteiger partial charge is 0.507 e. The highest BCUT2D eigenvalue weighted by atomic mass is 16.7. The fraction of sp³-hybridized carbons (Fsp3) is 0.222. The number of carbonyl (C=O) groups is 1. The number of ether oxygens (including phenoxy) is 3. The summed E-state index contributed by atoms with van der Waals surface area (Å²) in [7, 11) is 1.61. The summed E-state index contributed by atoms with van der Waals surface area (Å²) in [5.41, 5.74) is 2.32. The van der Waals surface area contributed by atoms with Gasteiger partial charge in [-0.15, -0.1) is 0 Å². The molecule has 0 saturated carbocycles. The van der Waals surface area contributed by atoms with Crippen LogP contribution in [0, 0.1) is 0 Å². The first-order valence-corrected chi connectivity index (χ1v) is 10.7. The second kappa shape index (κ2) is 10.2. The number of aromatic hydroxyl groups is 1. The molecular weight excluding hydrogens is 404 g/mol. The van der Waals surface area contributed by atoms with Crippen molar-refractivity contribution >= 4 is 17.4 Å². The second-order valence-electron chi connectivity index (χ2n) is 7.62. The first-order chi connectivity index (χ1) is 15.6. The van der Waals surface area contributed by atoms with E-state index in [9.17, 15) is 9.90 Å². The van der Waals surface area contributed by atoms with Crippen LogP contribution in [0.3, 0.4) is 0 Å². The summed E-state index contributed by atoms with van der Waals surface area (Å²) >= 11 is 0. The number of Topliss-reactive ketones (excluding diaryl/α,β-unsaturated/α-hetero) is 1. The number of allylic oxidation sites excluding steroid dienone is 1. The van der Waals surface area contributed by atoms with Crippen molar-refractivity contribution in [1.29, 1.82) is 0 Å². The number of hydrogen-bond donors (Lipinski definition) is 1. The van der Waals surface area contributed by atoms with Crippen LogP contribution in [-0.2, 0) is 4.74 Å². The smallest absolute Gasteiger partial charge is 0.199 e. The van der Waals surface area contributed by atoms with Crippen molar-refractivity contribution in [2.75, 3.05) is 13.7 Å². The Bertz CT molecular complexity index is 1080. The Morgan fingerprint density at radius 2 is 1.75 bits per heavy atom. The van der Waals surface area contributed by atoms with Gasteiger partial charge in [-0.25, -0.2) is 0 Å². The monoisotopic (exact) mass is 430 g/mol. The molecule has 0 aliphatic carbocycles. The van der Waals surface area contributed by atoms with Gasteiger partial charge in [0.1, 0.15) is 17.2 Å². The second-order valence-corrected chi connectivity index (χ2v) is 7.62. The Morgan fingerprint density at radius 3 is 2.41 bits per heavy atom. The van der Waals surface area contributed by atoms with Crippen molar-refractivity contribution in [3.63, 3.8) is 0 Å². The Labute approximate surface area is 187 Å². The maximum atomic E-state index is 13.5. The van der Waals surface area contributed by atoms with Gasteiger partial charge in [0, 0.05) is 18.1 Å². The summed E-state index contributed by atoms with van der Waals surface area (Å²) in [6, 6.07) is 21.6. The molecule has 4 rings (SSSR count). The Balaban J connectivity index is 1.63. The zero-order valence-electron chi connectivity index (χ0n) is 18.0. The summed E-state index contributed by atoms with van der Waals surface area (Å²) in [6.45, 7) is 0.670. The van der Waals surface area contributed by atoms with Gasteiger partial charge in [-0.1, -0.05) is 42.5 Å². The zero-order chi connectivity index (χ0) is 22.3. The van der Waals surface area contributed by atoms with Gasteiger partial charge >= 0.3 is 0 Å². The zero-order valence-corrected chi connectivity index (χ0v) is 18.0. The molecule has 1 aliphatic heterocycles. The summed E-state index contributed by atoms with van der Waals surface area (Å²) in [6.07, 6.45) is 4.38. The molecule has 5 nitrogen and oxygen atoms in total. The molecule has 1 aliphatic rings. The van der Waals surface area contributed by atoms with Crippen molar-refractivity contribution in [1.82, 2.24) is 0 Å². The number of phenolic OH excluding ortho intramolecular Hbond substituents is 1. The van der Waals surface area contributed by atoms with E-state index < -0.39 is 0 Å². The predicted molar refractivity (Wildman–Crippen MR) is 124 cm³/mol. The van der Waals surface area contributed by atoms with Gasteiger partial charge < -0.3 is 19.3 Å².